The molecule has 0 unspecified atom stereocenters. The summed E-state index contributed by atoms with van der Waals surface area (Å²) in [6, 6.07) is 0.0214. The SMILES string of the molecule is COCCCNC(=O)N1CCN(Cc2c(C)noc2C)CC1. The van der Waals surface area contributed by atoms with Crippen LogP contribution in [0.3, 0.4) is 0 Å². The first-order valence-corrected chi connectivity index (χ1v) is 7.77. The Morgan fingerprint density at radius 2 is 2.05 bits per heavy atom. The smallest absolute Gasteiger partial charge is 0.317 e. The van der Waals surface area contributed by atoms with Crippen LogP contribution in [0.1, 0.15) is 23.4 Å². The lowest BCUT2D eigenvalue weighted by atomic mass is 10.2. The quantitative estimate of drug-likeness (QED) is 0.798. The molecule has 1 aliphatic heterocycles. The molecular formula is C15H26N4O3. The van der Waals surface area contributed by atoms with E-state index in [1.54, 1.807) is 7.11 Å². The van der Waals surface area contributed by atoms with E-state index in [-0.39, 0.29) is 6.03 Å². The molecular weight excluding hydrogens is 284 g/mol. The second kappa shape index (κ2) is 8.14. The number of aryl methyl sites for hydroxylation is 2. The topological polar surface area (TPSA) is 70.8 Å². The molecule has 0 aromatic carbocycles. The Morgan fingerprint density at radius 1 is 1.32 bits per heavy atom. The Kier molecular flexibility index (Phi) is 6.21. The number of aromatic nitrogens is 1. The first-order chi connectivity index (χ1) is 10.6. The van der Waals surface area contributed by atoms with Crippen LogP contribution in [0.15, 0.2) is 4.52 Å². The molecule has 2 amide bonds. The van der Waals surface area contributed by atoms with Gasteiger partial charge in [-0.15, -0.1) is 0 Å². The van der Waals surface area contributed by atoms with Gasteiger partial charge in [-0.05, 0) is 20.3 Å². The highest BCUT2D eigenvalue weighted by Crippen LogP contribution is 2.16. The molecule has 1 N–H and O–H groups in total. The van der Waals surface area contributed by atoms with E-state index in [0.29, 0.717) is 13.2 Å². The number of nitrogens with one attached hydrogen (secondary N) is 1. The van der Waals surface area contributed by atoms with Gasteiger partial charge in [-0.2, -0.15) is 0 Å². The normalized spacial score (nSPS) is 16.0. The molecule has 7 heteroatoms. The number of methoxy groups -OCH3 is 1. The van der Waals surface area contributed by atoms with Crippen LogP contribution in [0.25, 0.3) is 0 Å². The molecule has 0 saturated carbocycles. The number of ether oxygens (including phenoxy) is 1. The Labute approximate surface area is 131 Å². The standard InChI is InChI=1S/C15H26N4O3/c1-12-14(13(2)22-17-12)11-18-6-8-19(9-7-18)15(20)16-5-4-10-21-3/h4-11H2,1-3H3,(H,16,20). The van der Waals surface area contributed by atoms with Crippen LogP contribution < -0.4 is 5.32 Å². The summed E-state index contributed by atoms with van der Waals surface area (Å²) in [5, 5.41) is 6.92. The maximum atomic E-state index is 12.0. The summed E-state index contributed by atoms with van der Waals surface area (Å²) >= 11 is 0. The zero-order chi connectivity index (χ0) is 15.9. The largest absolute Gasteiger partial charge is 0.385 e. The van der Waals surface area contributed by atoms with Crippen molar-refractivity contribution in [3.05, 3.63) is 17.0 Å². The summed E-state index contributed by atoms with van der Waals surface area (Å²) in [7, 11) is 1.67. The Bertz CT molecular complexity index is 462. The fraction of sp³-hybridized carbons (Fsp3) is 0.733. The summed E-state index contributed by atoms with van der Waals surface area (Å²) in [6.07, 6.45) is 0.842. The highest BCUT2D eigenvalue weighted by atomic mass is 16.5. The van der Waals surface area contributed by atoms with Crippen molar-refractivity contribution in [1.82, 2.24) is 20.3 Å². The zero-order valence-electron chi connectivity index (χ0n) is 13.7. The van der Waals surface area contributed by atoms with Crippen molar-refractivity contribution in [2.75, 3.05) is 46.4 Å². The van der Waals surface area contributed by atoms with Crippen molar-refractivity contribution in [2.45, 2.75) is 26.8 Å². The number of hydrogen-bond acceptors (Lipinski definition) is 5. The third-order valence-corrected chi connectivity index (χ3v) is 4.02. The van der Waals surface area contributed by atoms with E-state index in [9.17, 15) is 4.79 Å². The van der Waals surface area contributed by atoms with E-state index in [4.69, 9.17) is 9.26 Å². The molecule has 0 radical (unpaired) electrons. The molecule has 2 rings (SSSR count). The van der Waals surface area contributed by atoms with E-state index in [0.717, 1.165) is 56.2 Å². The average molecular weight is 310 g/mol. The second-order valence-electron chi connectivity index (χ2n) is 5.64. The van der Waals surface area contributed by atoms with E-state index in [1.165, 1.54) is 0 Å². The Balaban J connectivity index is 1.72. The van der Waals surface area contributed by atoms with Gasteiger partial charge in [0.05, 0.1) is 5.69 Å². The highest BCUT2D eigenvalue weighted by molar-refractivity contribution is 5.74. The summed E-state index contributed by atoms with van der Waals surface area (Å²) in [6.45, 7) is 9.32. The van der Waals surface area contributed by atoms with Crippen LogP contribution in [-0.2, 0) is 11.3 Å². The molecule has 0 spiro atoms. The van der Waals surface area contributed by atoms with Gasteiger partial charge in [0.15, 0.2) is 0 Å². The predicted molar refractivity (Wildman–Crippen MR) is 82.7 cm³/mol. The molecule has 22 heavy (non-hydrogen) atoms. The Morgan fingerprint density at radius 3 is 2.64 bits per heavy atom. The number of rotatable bonds is 6. The van der Waals surface area contributed by atoms with Crippen molar-refractivity contribution < 1.29 is 14.1 Å². The first-order valence-electron chi connectivity index (χ1n) is 7.77. The average Bonchev–Trinajstić information content (AvgIpc) is 2.84. The van der Waals surface area contributed by atoms with E-state index < -0.39 is 0 Å². The number of nitrogens with zero attached hydrogens (tertiary/aromatic N) is 3. The number of carbonyl (C=O) groups is 1. The van der Waals surface area contributed by atoms with Crippen LogP contribution in [0.5, 0.6) is 0 Å². The third kappa shape index (κ3) is 4.45. The molecule has 7 nitrogen and oxygen atoms in total. The molecule has 1 saturated heterocycles. The third-order valence-electron chi connectivity index (χ3n) is 4.02. The van der Waals surface area contributed by atoms with Gasteiger partial charge in [-0.1, -0.05) is 5.16 Å². The summed E-state index contributed by atoms with van der Waals surface area (Å²) in [4.78, 5) is 16.2. The number of carbonyl (C=O) groups excluding carboxylic acids is 1. The minimum absolute atomic E-state index is 0.0214. The molecule has 1 aliphatic rings. The van der Waals surface area contributed by atoms with Crippen LogP contribution in [0.4, 0.5) is 4.79 Å². The molecule has 0 aliphatic carbocycles. The number of urea groups is 1. The van der Waals surface area contributed by atoms with E-state index in [1.807, 2.05) is 18.7 Å². The van der Waals surface area contributed by atoms with Crippen LogP contribution in [-0.4, -0.2) is 67.4 Å². The number of piperazine rings is 1. The molecule has 1 fully saturated rings. The highest BCUT2D eigenvalue weighted by Gasteiger charge is 2.22. The summed E-state index contributed by atoms with van der Waals surface area (Å²) in [5.41, 5.74) is 2.12. The van der Waals surface area contributed by atoms with Gasteiger partial charge in [0.1, 0.15) is 5.76 Å². The maximum absolute atomic E-state index is 12.0. The molecule has 124 valence electrons. The van der Waals surface area contributed by atoms with Gasteiger partial charge < -0.3 is 19.5 Å². The minimum Gasteiger partial charge on any atom is -0.385 e. The van der Waals surface area contributed by atoms with Gasteiger partial charge >= 0.3 is 6.03 Å². The lowest BCUT2D eigenvalue weighted by molar-refractivity contribution is 0.134. The molecule has 2 heterocycles. The number of hydrogen-bond donors (Lipinski definition) is 1. The molecule has 0 atom stereocenters. The number of amides is 2. The molecule has 1 aromatic rings. The van der Waals surface area contributed by atoms with Gasteiger partial charge in [0.25, 0.3) is 0 Å². The van der Waals surface area contributed by atoms with Crippen LogP contribution >= 0.6 is 0 Å². The van der Waals surface area contributed by atoms with Crippen molar-refractivity contribution in [1.29, 1.82) is 0 Å². The van der Waals surface area contributed by atoms with E-state index in [2.05, 4.69) is 15.4 Å². The lowest BCUT2D eigenvalue weighted by Gasteiger charge is -2.34. The van der Waals surface area contributed by atoms with Crippen molar-refractivity contribution in [3.63, 3.8) is 0 Å². The van der Waals surface area contributed by atoms with E-state index >= 15 is 0 Å². The first kappa shape index (κ1) is 16.8. The fourth-order valence-electron chi connectivity index (χ4n) is 2.58. The molecule has 0 bridgehead atoms. The lowest BCUT2D eigenvalue weighted by Crippen LogP contribution is -2.51. The van der Waals surface area contributed by atoms with Crippen LogP contribution in [0.2, 0.25) is 0 Å². The second-order valence-corrected chi connectivity index (χ2v) is 5.64. The summed E-state index contributed by atoms with van der Waals surface area (Å²) in [5.74, 6) is 0.885. The van der Waals surface area contributed by atoms with Crippen LogP contribution in [0, 0.1) is 13.8 Å². The van der Waals surface area contributed by atoms with Gasteiger partial charge in [0.2, 0.25) is 0 Å². The van der Waals surface area contributed by atoms with Crippen molar-refractivity contribution >= 4 is 6.03 Å². The summed E-state index contributed by atoms with van der Waals surface area (Å²) < 4.78 is 10.2. The Hall–Kier alpha value is -1.60. The monoisotopic (exact) mass is 310 g/mol. The maximum Gasteiger partial charge on any atom is 0.317 e. The molecule has 1 aromatic heterocycles. The van der Waals surface area contributed by atoms with Gasteiger partial charge in [0, 0.05) is 58.5 Å². The van der Waals surface area contributed by atoms with Crippen molar-refractivity contribution in [2.24, 2.45) is 0 Å². The van der Waals surface area contributed by atoms with Crippen molar-refractivity contribution in [3.8, 4) is 0 Å². The van der Waals surface area contributed by atoms with Gasteiger partial charge in [-0.3, -0.25) is 4.90 Å². The fourth-order valence-corrected chi connectivity index (χ4v) is 2.58. The zero-order valence-corrected chi connectivity index (χ0v) is 13.7. The predicted octanol–water partition coefficient (Wildman–Crippen LogP) is 1.16. The minimum atomic E-state index is 0.0214. The van der Waals surface area contributed by atoms with Gasteiger partial charge in [-0.25, -0.2) is 4.79 Å².